The number of hydrogen-bond acceptors (Lipinski definition) is 11. The molecule has 0 N–H and O–H groups in total. The highest BCUT2D eigenvalue weighted by molar-refractivity contribution is 5.68. The Bertz CT molecular complexity index is 837. The molecule has 12 heteroatoms. The van der Waals surface area contributed by atoms with E-state index in [1.54, 1.807) is 12.1 Å². The lowest BCUT2D eigenvalue weighted by Gasteiger charge is -2.40. The number of rotatable bonds is 4. The van der Waals surface area contributed by atoms with Crippen LogP contribution in [0, 0.1) is 22.7 Å². The molecule has 1 aliphatic heterocycles. The van der Waals surface area contributed by atoms with Crippen molar-refractivity contribution in [3.05, 3.63) is 11.4 Å². The van der Waals surface area contributed by atoms with Gasteiger partial charge in [-0.1, -0.05) is 5.21 Å². The fourth-order valence-electron chi connectivity index (χ4n) is 2.58. The first-order valence-corrected chi connectivity index (χ1v) is 7.67. The van der Waals surface area contributed by atoms with Gasteiger partial charge in [0.05, 0.1) is 6.61 Å². The van der Waals surface area contributed by atoms with Gasteiger partial charge in [-0.2, -0.15) is 10.5 Å². The van der Waals surface area contributed by atoms with Crippen molar-refractivity contribution in [2.24, 2.45) is 0 Å². The fourth-order valence-corrected chi connectivity index (χ4v) is 2.58. The maximum atomic E-state index is 11.6. The van der Waals surface area contributed by atoms with Crippen LogP contribution in [0.4, 0.5) is 0 Å². The van der Waals surface area contributed by atoms with Crippen LogP contribution < -0.4 is 0 Å². The molecule has 1 aromatic heterocycles. The Morgan fingerprint density at radius 2 is 1.63 bits per heavy atom. The third-order valence-electron chi connectivity index (χ3n) is 3.47. The predicted octanol–water partition coefficient (Wildman–Crippen LogP) is -0.655. The second-order valence-corrected chi connectivity index (χ2v) is 5.47. The van der Waals surface area contributed by atoms with Crippen molar-refractivity contribution in [3.63, 3.8) is 0 Å². The molecule has 1 aromatic rings. The Morgan fingerprint density at radius 3 is 2.15 bits per heavy atom. The smallest absolute Gasteiger partial charge is 0.303 e. The second-order valence-electron chi connectivity index (χ2n) is 5.47. The van der Waals surface area contributed by atoms with Crippen molar-refractivity contribution >= 4 is 17.9 Å². The van der Waals surface area contributed by atoms with Gasteiger partial charge in [-0.25, -0.2) is 4.68 Å². The largest absolute Gasteiger partial charge is 0.456 e. The summed E-state index contributed by atoms with van der Waals surface area (Å²) in [6, 6.07) is 3.47. The number of nitrogens with zero attached hydrogens (tertiary/aromatic N) is 5. The van der Waals surface area contributed by atoms with E-state index in [1.165, 1.54) is 0 Å². The van der Waals surface area contributed by atoms with Gasteiger partial charge in [-0.3, -0.25) is 14.4 Å². The summed E-state index contributed by atoms with van der Waals surface area (Å²) in [5.41, 5.74) is -0.485. The maximum Gasteiger partial charge on any atom is 0.303 e. The summed E-state index contributed by atoms with van der Waals surface area (Å²) in [6.07, 6.45) is -4.84. The van der Waals surface area contributed by atoms with Crippen LogP contribution in [-0.4, -0.2) is 57.8 Å². The zero-order valence-electron chi connectivity index (χ0n) is 14.6. The van der Waals surface area contributed by atoms with E-state index in [-0.39, 0.29) is 18.0 Å². The first-order chi connectivity index (χ1) is 12.8. The molecular weight excluding hydrogens is 362 g/mol. The number of esters is 3. The molecule has 142 valence electrons. The normalized spacial score (nSPS) is 24.2. The van der Waals surface area contributed by atoms with Crippen molar-refractivity contribution in [3.8, 4) is 12.1 Å². The third-order valence-corrected chi connectivity index (χ3v) is 3.47. The van der Waals surface area contributed by atoms with Crippen molar-refractivity contribution < 1.29 is 33.3 Å². The molecule has 1 fully saturated rings. The van der Waals surface area contributed by atoms with Crippen LogP contribution in [-0.2, 0) is 33.3 Å². The van der Waals surface area contributed by atoms with E-state index in [4.69, 9.17) is 24.2 Å². The molecule has 0 saturated carbocycles. The summed E-state index contributed by atoms with van der Waals surface area (Å²) in [5.74, 6) is -2.12. The number of hydrogen-bond donors (Lipinski definition) is 0. The highest BCUT2D eigenvalue weighted by atomic mass is 16.6. The summed E-state index contributed by atoms with van der Waals surface area (Å²) in [4.78, 5) is 34.4. The number of carbonyl (C=O) groups excluding carboxylic acids is 3. The van der Waals surface area contributed by atoms with Crippen molar-refractivity contribution in [1.82, 2.24) is 15.0 Å². The van der Waals surface area contributed by atoms with Gasteiger partial charge in [0.25, 0.3) is 0 Å². The average molecular weight is 377 g/mol. The Balaban J connectivity index is 2.48. The lowest BCUT2D eigenvalue weighted by molar-refractivity contribution is -0.241. The number of carbonyl (C=O) groups is 3. The van der Waals surface area contributed by atoms with Crippen LogP contribution in [0.25, 0.3) is 0 Å². The first kappa shape index (κ1) is 19.8. The molecule has 2 rings (SSSR count). The Labute approximate surface area is 153 Å². The Kier molecular flexibility index (Phi) is 6.05. The number of aromatic nitrogens is 3. The van der Waals surface area contributed by atoms with Crippen molar-refractivity contribution in [1.29, 1.82) is 10.5 Å². The molecule has 4 atom stereocenters. The zero-order valence-corrected chi connectivity index (χ0v) is 14.6. The van der Waals surface area contributed by atoms with Crippen LogP contribution in [0.1, 0.15) is 38.4 Å². The molecule has 1 aliphatic rings. The van der Waals surface area contributed by atoms with Crippen LogP contribution >= 0.6 is 0 Å². The molecule has 0 aromatic carbocycles. The quantitative estimate of drug-likeness (QED) is 0.483. The average Bonchev–Trinajstić information content (AvgIpc) is 2.99. The predicted molar refractivity (Wildman–Crippen MR) is 81.1 cm³/mol. The van der Waals surface area contributed by atoms with E-state index in [0.717, 1.165) is 25.5 Å². The standard InChI is InChI=1S/C15H15N5O7/c1-7(21)25-12-6-24-15(20-11(5-17)10(4-16)18-19-20)14(27-9(3)23)13(12)26-8(2)22/h12-15H,6H2,1-3H3. The van der Waals surface area contributed by atoms with E-state index in [9.17, 15) is 19.6 Å². The summed E-state index contributed by atoms with van der Waals surface area (Å²) in [7, 11) is 0. The van der Waals surface area contributed by atoms with E-state index < -0.39 is 42.4 Å². The molecule has 2 heterocycles. The second kappa shape index (κ2) is 8.25. The van der Waals surface area contributed by atoms with Crippen LogP contribution in [0.15, 0.2) is 0 Å². The lowest BCUT2D eigenvalue weighted by atomic mass is 10.0. The minimum Gasteiger partial charge on any atom is -0.456 e. The molecule has 0 aliphatic carbocycles. The zero-order chi connectivity index (χ0) is 20.1. The van der Waals surface area contributed by atoms with E-state index in [1.807, 2.05) is 0 Å². The molecule has 0 bridgehead atoms. The van der Waals surface area contributed by atoms with Gasteiger partial charge in [-0.05, 0) is 0 Å². The lowest BCUT2D eigenvalue weighted by Crippen LogP contribution is -2.55. The molecule has 0 spiro atoms. The van der Waals surface area contributed by atoms with Crippen LogP contribution in [0.3, 0.4) is 0 Å². The van der Waals surface area contributed by atoms with Crippen LogP contribution in [0.2, 0.25) is 0 Å². The SMILES string of the molecule is CC(=O)OC1COC(n2nnc(C#N)c2C#N)C(OC(C)=O)C1OC(C)=O. The Hall–Kier alpha value is -3.51. The molecule has 27 heavy (non-hydrogen) atoms. The van der Waals surface area contributed by atoms with Gasteiger partial charge in [0.1, 0.15) is 12.1 Å². The van der Waals surface area contributed by atoms with Crippen molar-refractivity contribution in [2.45, 2.75) is 45.3 Å². The molecule has 0 amide bonds. The summed E-state index contributed by atoms with van der Waals surface area (Å²) in [6.45, 7) is 3.16. The maximum absolute atomic E-state index is 11.6. The number of ether oxygens (including phenoxy) is 4. The number of nitriles is 2. The van der Waals surface area contributed by atoms with E-state index >= 15 is 0 Å². The molecule has 4 unspecified atom stereocenters. The van der Waals surface area contributed by atoms with Gasteiger partial charge in [0.15, 0.2) is 30.2 Å². The van der Waals surface area contributed by atoms with E-state index in [2.05, 4.69) is 10.3 Å². The fraction of sp³-hybridized carbons (Fsp3) is 0.533. The minimum absolute atomic E-state index is 0.229. The van der Waals surface area contributed by atoms with Gasteiger partial charge in [-0.15, -0.1) is 5.10 Å². The minimum atomic E-state index is -1.31. The monoisotopic (exact) mass is 377 g/mol. The third kappa shape index (κ3) is 4.37. The summed E-state index contributed by atoms with van der Waals surface area (Å²) in [5, 5.41) is 25.6. The highest BCUT2D eigenvalue weighted by Gasteiger charge is 2.48. The highest BCUT2D eigenvalue weighted by Crippen LogP contribution is 2.31. The Morgan fingerprint density at radius 1 is 1.04 bits per heavy atom. The van der Waals surface area contributed by atoms with Gasteiger partial charge < -0.3 is 18.9 Å². The summed E-state index contributed by atoms with van der Waals surface area (Å²) >= 11 is 0. The molecular formula is C15H15N5O7. The van der Waals surface area contributed by atoms with Crippen LogP contribution in [0.5, 0.6) is 0 Å². The van der Waals surface area contributed by atoms with Crippen molar-refractivity contribution in [2.75, 3.05) is 6.61 Å². The topological polar surface area (TPSA) is 166 Å². The molecule has 12 nitrogen and oxygen atoms in total. The van der Waals surface area contributed by atoms with Gasteiger partial charge in [0.2, 0.25) is 5.69 Å². The van der Waals surface area contributed by atoms with Gasteiger partial charge in [0, 0.05) is 20.8 Å². The molecule has 1 saturated heterocycles. The first-order valence-electron chi connectivity index (χ1n) is 7.67. The summed E-state index contributed by atoms with van der Waals surface area (Å²) < 4.78 is 22.0. The molecule has 0 radical (unpaired) electrons. The van der Waals surface area contributed by atoms with E-state index in [0.29, 0.717) is 0 Å². The van der Waals surface area contributed by atoms with Gasteiger partial charge >= 0.3 is 17.9 Å².